The van der Waals surface area contributed by atoms with E-state index in [0.29, 0.717) is 34.5 Å². The number of fused-ring (bicyclic) bond motifs is 3. The van der Waals surface area contributed by atoms with E-state index in [2.05, 4.69) is 36.0 Å². The highest BCUT2D eigenvalue weighted by Crippen LogP contribution is 2.58. The number of phenolic OH excluding ortho intramolecular Hbond substituents is 1. The minimum absolute atomic E-state index is 0.0535. The number of benzene rings is 4. The van der Waals surface area contributed by atoms with Crippen molar-refractivity contribution >= 4 is 0 Å². The molecule has 1 N–H and O–H groups in total. The molecule has 1 aliphatic carbocycles. The van der Waals surface area contributed by atoms with Gasteiger partial charge in [0.2, 0.25) is 5.75 Å². The monoisotopic (exact) mass is 682 g/mol. The number of likely N-dealkylation sites (N-methyl/N-ethyl adjacent to an activating group) is 2. The van der Waals surface area contributed by atoms with Crippen molar-refractivity contribution in [3.8, 4) is 62.9 Å². The number of rotatable bonds is 10. The van der Waals surface area contributed by atoms with Crippen LogP contribution < -0.4 is 33.2 Å². The van der Waals surface area contributed by atoms with Crippen molar-refractivity contribution in [3.63, 3.8) is 0 Å². The quantitative estimate of drug-likeness (QED) is 0.194. The number of ether oxygens (including phenoxy) is 7. The van der Waals surface area contributed by atoms with Crippen molar-refractivity contribution in [1.29, 1.82) is 0 Å². The van der Waals surface area contributed by atoms with Gasteiger partial charge in [-0.05, 0) is 110 Å². The summed E-state index contributed by atoms with van der Waals surface area (Å²) in [6, 6.07) is 14.0. The highest BCUT2D eigenvalue weighted by atomic mass is 16.5. The van der Waals surface area contributed by atoms with Crippen LogP contribution in [0.2, 0.25) is 0 Å². The Morgan fingerprint density at radius 2 is 1.32 bits per heavy atom. The maximum atomic E-state index is 11.0. The van der Waals surface area contributed by atoms with E-state index < -0.39 is 0 Å². The molecule has 264 valence electrons. The number of phenols is 1. The Bertz CT molecular complexity index is 1940. The molecule has 4 aromatic carbocycles. The number of methoxy groups -OCH3 is 6. The largest absolute Gasteiger partial charge is 0.504 e. The van der Waals surface area contributed by atoms with E-state index in [1.54, 1.807) is 48.7 Å². The molecule has 0 aromatic heterocycles. The Morgan fingerprint density at radius 1 is 0.660 bits per heavy atom. The second-order valence-electron chi connectivity index (χ2n) is 13.2. The lowest BCUT2D eigenvalue weighted by molar-refractivity contribution is 0.222. The van der Waals surface area contributed by atoms with Gasteiger partial charge in [-0.3, -0.25) is 9.80 Å². The summed E-state index contributed by atoms with van der Waals surface area (Å²) < 4.78 is 41.5. The first-order valence-electron chi connectivity index (χ1n) is 17.0. The van der Waals surface area contributed by atoms with Gasteiger partial charge >= 0.3 is 0 Å². The van der Waals surface area contributed by atoms with Crippen molar-refractivity contribution in [1.82, 2.24) is 9.80 Å². The normalized spacial score (nSPS) is 18.0. The van der Waals surface area contributed by atoms with Crippen molar-refractivity contribution in [3.05, 3.63) is 75.8 Å². The summed E-state index contributed by atoms with van der Waals surface area (Å²) in [4.78, 5) is 4.74. The van der Waals surface area contributed by atoms with Gasteiger partial charge in [-0.1, -0.05) is 6.07 Å². The summed E-state index contributed by atoms with van der Waals surface area (Å²) in [5, 5.41) is 11.0. The zero-order valence-corrected chi connectivity index (χ0v) is 30.1. The van der Waals surface area contributed by atoms with Gasteiger partial charge in [0.25, 0.3) is 0 Å². The summed E-state index contributed by atoms with van der Waals surface area (Å²) in [6.45, 7) is 1.81. The Kier molecular flexibility index (Phi) is 9.09. The maximum absolute atomic E-state index is 11.0. The Labute approximate surface area is 294 Å². The van der Waals surface area contributed by atoms with Crippen LogP contribution in [0.5, 0.6) is 51.7 Å². The lowest BCUT2D eigenvalue weighted by Gasteiger charge is -2.41. The molecule has 0 unspecified atom stereocenters. The van der Waals surface area contributed by atoms with Crippen molar-refractivity contribution in [2.45, 2.75) is 37.8 Å². The summed E-state index contributed by atoms with van der Waals surface area (Å²) in [5.41, 5.74) is 8.92. The summed E-state index contributed by atoms with van der Waals surface area (Å²) in [6.07, 6.45) is 3.25. The first-order chi connectivity index (χ1) is 24.2. The first kappa shape index (κ1) is 33.7. The summed E-state index contributed by atoms with van der Waals surface area (Å²) >= 11 is 0. The fraction of sp³-hybridized carbons (Fsp3) is 0.400. The van der Waals surface area contributed by atoms with Crippen LogP contribution in [0.15, 0.2) is 42.5 Å². The molecule has 7 rings (SSSR count). The molecule has 4 aromatic rings. The van der Waals surface area contributed by atoms with Gasteiger partial charge < -0.3 is 38.3 Å². The third-order valence-corrected chi connectivity index (χ3v) is 10.7. The lowest BCUT2D eigenvalue weighted by atomic mass is 9.76. The topological polar surface area (TPSA) is 91.3 Å². The third-order valence-electron chi connectivity index (χ3n) is 10.7. The maximum Gasteiger partial charge on any atom is 0.204 e. The van der Waals surface area contributed by atoms with Gasteiger partial charge in [0, 0.05) is 36.3 Å². The standard InChI is InChI=1S/C40H46N2O8/c1-41-13-11-23-18-32(44-3)33(45-4)20-26(23)28(41)15-22-9-10-30(43)31(16-22)50-35-19-24-17-29-36-25(12-14-42(29)2)38(47-6)40(49-8)39(48-7)37(36)27(24)21-34(35)46-5/h9-10,16,18-21,28-29,43H,11-15,17H2,1-8H3/t28-,29-/m0/s1. The smallest absolute Gasteiger partial charge is 0.204 e. The average Bonchev–Trinajstić information content (AvgIpc) is 3.13. The Balaban J connectivity index is 1.27. The van der Waals surface area contributed by atoms with E-state index in [-0.39, 0.29) is 17.8 Å². The molecule has 3 aliphatic rings. The molecule has 0 bridgehead atoms. The van der Waals surface area contributed by atoms with Gasteiger partial charge in [-0.25, -0.2) is 0 Å². The number of hydrogen-bond acceptors (Lipinski definition) is 10. The fourth-order valence-electron chi connectivity index (χ4n) is 8.13. The highest BCUT2D eigenvalue weighted by molar-refractivity contribution is 5.87. The van der Waals surface area contributed by atoms with Crippen LogP contribution >= 0.6 is 0 Å². The van der Waals surface area contributed by atoms with Gasteiger partial charge in [-0.2, -0.15) is 0 Å². The molecule has 50 heavy (non-hydrogen) atoms. The van der Waals surface area contributed by atoms with Crippen LogP contribution in [0.4, 0.5) is 0 Å². The van der Waals surface area contributed by atoms with E-state index in [1.165, 1.54) is 16.7 Å². The molecule has 0 spiro atoms. The zero-order chi connectivity index (χ0) is 35.3. The van der Waals surface area contributed by atoms with Crippen molar-refractivity contribution in [2.24, 2.45) is 0 Å². The molecule has 10 heteroatoms. The van der Waals surface area contributed by atoms with Crippen LogP contribution in [-0.2, 0) is 25.7 Å². The first-order valence-corrected chi connectivity index (χ1v) is 17.0. The third kappa shape index (κ3) is 5.51. The molecule has 2 atom stereocenters. The number of nitrogens with zero attached hydrogens (tertiary/aromatic N) is 2. The predicted octanol–water partition coefficient (Wildman–Crippen LogP) is 6.76. The molecule has 2 aliphatic heterocycles. The van der Waals surface area contributed by atoms with Crippen LogP contribution in [0.25, 0.3) is 11.1 Å². The van der Waals surface area contributed by atoms with E-state index in [1.807, 2.05) is 24.3 Å². The Morgan fingerprint density at radius 3 is 2.02 bits per heavy atom. The Hall–Kier alpha value is -4.80. The number of hydrogen-bond donors (Lipinski definition) is 1. The fourth-order valence-corrected chi connectivity index (χ4v) is 8.13. The van der Waals surface area contributed by atoms with E-state index >= 15 is 0 Å². The molecule has 0 amide bonds. The number of aromatic hydroxyl groups is 1. The minimum atomic E-state index is 0.0535. The van der Waals surface area contributed by atoms with Gasteiger partial charge in [0.05, 0.1) is 42.7 Å². The molecule has 2 heterocycles. The molecular weight excluding hydrogens is 636 g/mol. The summed E-state index contributed by atoms with van der Waals surface area (Å²) in [5.74, 6) is 4.90. The van der Waals surface area contributed by atoms with Crippen molar-refractivity contribution < 1.29 is 38.3 Å². The molecule has 0 fully saturated rings. The predicted molar refractivity (Wildman–Crippen MR) is 191 cm³/mol. The molecule has 0 radical (unpaired) electrons. The summed E-state index contributed by atoms with van der Waals surface area (Å²) in [7, 11) is 14.3. The average molecular weight is 683 g/mol. The van der Waals surface area contributed by atoms with Crippen LogP contribution in [0.1, 0.15) is 45.5 Å². The molecule has 10 nitrogen and oxygen atoms in total. The van der Waals surface area contributed by atoms with E-state index in [4.69, 9.17) is 33.2 Å². The van der Waals surface area contributed by atoms with Gasteiger partial charge in [0.15, 0.2) is 46.0 Å². The zero-order valence-electron chi connectivity index (χ0n) is 30.1. The molecule has 0 saturated heterocycles. The van der Waals surface area contributed by atoms with E-state index in [0.717, 1.165) is 78.1 Å². The van der Waals surface area contributed by atoms with E-state index in [9.17, 15) is 5.11 Å². The van der Waals surface area contributed by atoms with Crippen LogP contribution in [0.3, 0.4) is 0 Å². The van der Waals surface area contributed by atoms with Gasteiger partial charge in [-0.15, -0.1) is 0 Å². The lowest BCUT2D eigenvalue weighted by Crippen LogP contribution is -2.36. The SMILES string of the molecule is COc1cc2c(cc1OC)[C@H](Cc1ccc(O)c(Oc3cc4c(cc3OC)-c3c(OC)c(OC)c(OC)c5c3[C@H](C4)N(C)CC5)c1)N(C)CC2. The second-order valence-corrected chi connectivity index (χ2v) is 13.2. The van der Waals surface area contributed by atoms with Gasteiger partial charge in [0.1, 0.15) is 0 Å². The molecule has 0 saturated carbocycles. The highest BCUT2D eigenvalue weighted by Gasteiger charge is 2.40. The van der Waals surface area contributed by atoms with Crippen molar-refractivity contribution in [2.75, 3.05) is 69.8 Å². The second kappa shape index (κ2) is 13.5. The van der Waals surface area contributed by atoms with Crippen LogP contribution in [-0.4, -0.2) is 84.7 Å². The van der Waals surface area contributed by atoms with Crippen LogP contribution in [0, 0.1) is 0 Å². The minimum Gasteiger partial charge on any atom is -0.504 e. The molecular formula is C40H46N2O8.